The van der Waals surface area contributed by atoms with Gasteiger partial charge in [-0.3, -0.25) is 0 Å². The predicted octanol–water partition coefficient (Wildman–Crippen LogP) is 7.90. The minimum absolute atomic E-state index is 0.00285. The van der Waals surface area contributed by atoms with E-state index in [1.54, 1.807) is 30.1 Å². The van der Waals surface area contributed by atoms with Gasteiger partial charge >= 0.3 is 6.18 Å². The van der Waals surface area contributed by atoms with Crippen molar-refractivity contribution < 1.29 is 17.6 Å². The van der Waals surface area contributed by atoms with Gasteiger partial charge in [0.15, 0.2) is 8.32 Å². The van der Waals surface area contributed by atoms with E-state index < -0.39 is 20.1 Å². The number of nitrogens with zero attached hydrogens (tertiary/aromatic N) is 5. The zero-order valence-electron chi connectivity index (χ0n) is 23.2. The Bertz CT molecular complexity index is 1540. The van der Waals surface area contributed by atoms with Gasteiger partial charge in [0, 0.05) is 42.1 Å². The second-order valence-corrected chi connectivity index (χ2v) is 16.7. The van der Waals surface area contributed by atoms with Gasteiger partial charge in [-0.05, 0) is 55.4 Å². The summed E-state index contributed by atoms with van der Waals surface area (Å²) in [5.41, 5.74) is 1.42. The Kier molecular flexibility index (Phi) is 8.21. The number of nitriles is 1. The number of aryl methyl sites for hydroxylation is 1. The quantitative estimate of drug-likeness (QED) is 0.212. The maximum atomic E-state index is 14.0. The van der Waals surface area contributed by atoms with Crippen LogP contribution in [0.3, 0.4) is 0 Å². The highest BCUT2D eigenvalue weighted by Crippen LogP contribution is 2.39. The van der Waals surface area contributed by atoms with E-state index in [1.165, 1.54) is 23.5 Å². The summed E-state index contributed by atoms with van der Waals surface area (Å²) < 4.78 is 50.0. The molecule has 0 aliphatic rings. The van der Waals surface area contributed by atoms with Gasteiger partial charge in [-0.25, -0.2) is 14.6 Å². The molecule has 0 aliphatic heterocycles. The van der Waals surface area contributed by atoms with Crippen LogP contribution in [0.1, 0.15) is 43.2 Å². The smallest absolute Gasteiger partial charge is 0.416 e. The number of alkyl halides is 3. The van der Waals surface area contributed by atoms with E-state index in [9.17, 15) is 13.2 Å². The summed E-state index contributed by atoms with van der Waals surface area (Å²) >= 11 is 1.47. The number of nitrogens with one attached hydrogen (secondary N) is 1. The summed E-state index contributed by atoms with van der Waals surface area (Å²) in [6, 6.07) is 8.93. The van der Waals surface area contributed by atoms with E-state index in [-0.39, 0.29) is 22.1 Å². The zero-order chi connectivity index (χ0) is 29.3. The number of aromatic nitrogens is 4. The fraction of sp³-hybridized carbons (Fsp3) is 0.357. The fourth-order valence-corrected chi connectivity index (χ4v) is 5.52. The van der Waals surface area contributed by atoms with E-state index in [1.807, 2.05) is 17.5 Å². The highest BCUT2D eigenvalue weighted by atomic mass is 32.1. The SMILES string of the molecule is Cc1cc(-n2ccc(-c3nccs3)n2)c(CCO[Si](C)(C)C(C)(C)C)c(Nc2ccc(C#N)cc2C(F)(F)F)n1. The van der Waals surface area contributed by atoms with Crippen LogP contribution in [0.4, 0.5) is 24.7 Å². The minimum Gasteiger partial charge on any atom is -0.416 e. The van der Waals surface area contributed by atoms with Crippen molar-refractivity contribution in [2.24, 2.45) is 0 Å². The lowest BCUT2D eigenvalue weighted by Gasteiger charge is -2.36. The zero-order valence-corrected chi connectivity index (χ0v) is 25.0. The molecule has 0 saturated heterocycles. The molecule has 0 fully saturated rings. The first-order valence-electron chi connectivity index (χ1n) is 12.7. The summed E-state index contributed by atoms with van der Waals surface area (Å²) in [4.78, 5) is 8.93. The van der Waals surface area contributed by atoms with Gasteiger partial charge in [0.05, 0.1) is 28.6 Å². The highest BCUT2D eigenvalue weighted by molar-refractivity contribution is 7.13. The summed E-state index contributed by atoms with van der Waals surface area (Å²) in [6.45, 7) is 12.9. The van der Waals surface area contributed by atoms with Crippen LogP contribution in [0.15, 0.2) is 48.1 Å². The Balaban J connectivity index is 1.80. The summed E-state index contributed by atoms with van der Waals surface area (Å²) in [5.74, 6) is 0.273. The molecule has 0 atom stereocenters. The summed E-state index contributed by atoms with van der Waals surface area (Å²) in [5, 5.41) is 19.4. The van der Waals surface area contributed by atoms with Crippen molar-refractivity contribution in [1.29, 1.82) is 5.26 Å². The molecule has 0 spiro atoms. The van der Waals surface area contributed by atoms with Gasteiger partial charge in [-0.15, -0.1) is 11.3 Å². The normalized spacial score (nSPS) is 12.4. The molecule has 0 unspecified atom stereocenters. The average molecular weight is 585 g/mol. The second kappa shape index (κ2) is 11.2. The number of pyridine rings is 1. The van der Waals surface area contributed by atoms with Crippen molar-refractivity contribution in [1.82, 2.24) is 19.7 Å². The van der Waals surface area contributed by atoms with Gasteiger partial charge < -0.3 is 9.74 Å². The third-order valence-electron chi connectivity index (χ3n) is 7.04. The average Bonchev–Trinajstić information content (AvgIpc) is 3.56. The molecule has 3 heterocycles. The topological polar surface area (TPSA) is 88.6 Å². The van der Waals surface area contributed by atoms with Crippen LogP contribution in [0.25, 0.3) is 16.4 Å². The number of rotatable bonds is 8. The van der Waals surface area contributed by atoms with E-state index >= 15 is 0 Å². The Morgan fingerprint density at radius 2 is 1.90 bits per heavy atom. The molecule has 0 bridgehead atoms. The highest BCUT2D eigenvalue weighted by Gasteiger charge is 2.37. The molecule has 1 aromatic carbocycles. The lowest BCUT2D eigenvalue weighted by molar-refractivity contribution is -0.136. The third-order valence-corrected chi connectivity index (χ3v) is 12.4. The molecule has 0 saturated carbocycles. The van der Waals surface area contributed by atoms with E-state index in [0.717, 1.165) is 11.1 Å². The molecule has 7 nitrogen and oxygen atoms in total. The number of thiazole rings is 1. The first-order chi connectivity index (χ1) is 18.7. The molecule has 12 heteroatoms. The molecule has 210 valence electrons. The van der Waals surface area contributed by atoms with Crippen molar-refractivity contribution in [2.45, 2.75) is 58.4 Å². The third kappa shape index (κ3) is 6.43. The summed E-state index contributed by atoms with van der Waals surface area (Å²) in [6.07, 6.45) is -0.771. The van der Waals surface area contributed by atoms with Gasteiger partial charge in [0.2, 0.25) is 0 Å². The number of benzene rings is 1. The van der Waals surface area contributed by atoms with Crippen molar-refractivity contribution in [3.8, 4) is 22.5 Å². The molecule has 40 heavy (non-hydrogen) atoms. The number of anilines is 2. The van der Waals surface area contributed by atoms with Crippen LogP contribution in [-0.4, -0.2) is 34.7 Å². The molecule has 1 N–H and O–H groups in total. The summed E-state index contributed by atoms with van der Waals surface area (Å²) in [7, 11) is -2.08. The molecule has 4 aromatic rings. The molecule has 0 radical (unpaired) electrons. The van der Waals surface area contributed by atoms with Crippen LogP contribution in [0, 0.1) is 18.3 Å². The van der Waals surface area contributed by atoms with Gasteiger partial charge in [-0.2, -0.15) is 23.5 Å². The van der Waals surface area contributed by atoms with Gasteiger partial charge in [0.1, 0.15) is 16.5 Å². The Hall–Kier alpha value is -3.53. The first kappa shape index (κ1) is 29.4. The van der Waals surface area contributed by atoms with Gasteiger partial charge in [-0.1, -0.05) is 20.8 Å². The number of halogens is 3. The van der Waals surface area contributed by atoms with Crippen LogP contribution >= 0.6 is 11.3 Å². The number of hydrogen-bond donors (Lipinski definition) is 1. The van der Waals surface area contributed by atoms with Crippen LogP contribution < -0.4 is 5.32 Å². The second-order valence-electron chi connectivity index (χ2n) is 10.9. The lowest BCUT2D eigenvalue weighted by atomic mass is 10.1. The Morgan fingerprint density at radius 1 is 1.15 bits per heavy atom. The maximum absolute atomic E-state index is 14.0. The maximum Gasteiger partial charge on any atom is 0.418 e. The number of hydrogen-bond acceptors (Lipinski definition) is 7. The molecule has 0 amide bonds. The van der Waals surface area contributed by atoms with Crippen molar-refractivity contribution >= 4 is 31.2 Å². The molecular formula is C28H31F3N6OSSi. The Morgan fingerprint density at radius 3 is 2.52 bits per heavy atom. The predicted molar refractivity (Wildman–Crippen MR) is 153 cm³/mol. The van der Waals surface area contributed by atoms with E-state index in [2.05, 4.69) is 49.1 Å². The first-order valence-corrected chi connectivity index (χ1v) is 16.5. The largest absolute Gasteiger partial charge is 0.418 e. The lowest BCUT2D eigenvalue weighted by Crippen LogP contribution is -2.41. The van der Waals surface area contributed by atoms with Gasteiger partial charge in [0.25, 0.3) is 0 Å². The van der Waals surface area contributed by atoms with E-state index in [0.29, 0.717) is 35.7 Å². The molecule has 4 rings (SSSR count). The molecular weight excluding hydrogens is 553 g/mol. The van der Waals surface area contributed by atoms with Crippen LogP contribution in [0.5, 0.6) is 0 Å². The van der Waals surface area contributed by atoms with Crippen molar-refractivity contribution in [2.75, 3.05) is 11.9 Å². The molecule has 0 aliphatic carbocycles. The fourth-order valence-electron chi connectivity index (χ4n) is 3.87. The van der Waals surface area contributed by atoms with Crippen LogP contribution in [-0.2, 0) is 17.0 Å². The van der Waals surface area contributed by atoms with Crippen LogP contribution in [0.2, 0.25) is 18.1 Å². The van der Waals surface area contributed by atoms with Crippen molar-refractivity contribution in [3.63, 3.8) is 0 Å². The molecule has 3 aromatic heterocycles. The van der Waals surface area contributed by atoms with Crippen molar-refractivity contribution in [3.05, 3.63) is 70.5 Å². The monoisotopic (exact) mass is 584 g/mol. The Labute approximate surface area is 236 Å². The van der Waals surface area contributed by atoms with E-state index in [4.69, 9.17) is 14.8 Å². The minimum atomic E-state index is -4.67. The standard InChI is InChI=1S/C28H31F3N6OSSi/c1-18-15-24(37-12-9-23(36-37)26-33-11-14-39-26)20(10-13-38-40(5,6)27(2,3)4)25(34-18)35-22-8-7-19(17-32)16-21(22)28(29,30)31/h7-9,11-12,14-16H,10,13H2,1-6H3,(H,34,35).